The van der Waals surface area contributed by atoms with Crippen LogP contribution in [0.25, 0.3) is 5.65 Å². The number of aromatic nitrogens is 3. The van der Waals surface area contributed by atoms with Crippen molar-refractivity contribution in [1.29, 1.82) is 0 Å². The Hall–Kier alpha value is -2.36. The standard InChI is InChI=1S/C13H11N3O/c17-11-6-7-16-13(9-11)14-12(15-16)8-10-4-2-1-3-5-10/h1-7,9H,8H2,(H,14,15). The van der Waals surface area contributed by atoms with Gasteiger partial charge in [0.05, 0.1) is 0 Å². The highest BCUT2D eigenvalue weighted by Crippen LogP contribution is 2.06. The minimum absolute atomic E-state index is 0.0252. The van der Waals surface area contributed by atoms with Crippen molar-refractivity contribution >= 4 is 5.65 Å². The summed E-state index contributed by atoms with van der Waals surface area (Å²) >= 11 is 0. The Bertz CT molecular complexity index is 697. The molecule has 1 N–H and O–H groups in total. The van der Waals surface area contributed by atoms with Crippen LogP contribution in [0.2, 0.25) is 0 Å². The molecule has 0 atom stereocenters. The molecule has 0 unspecified atom stereocenters. The van der Waals surface area contributed by atoms with Crippen LogP contribution < -0.4 is 5.43 Å². The summed E-state index contributed by atoms with van der Waals surface area (Å²) in [6, 6.07) is 13.1. The molecule has 0 saturated heterocycles. The van der Waals surface area contributed by atoms with Gasteiger partial charge >= 0.3 is 0 Å². The fraction of sp³-hybridized carbons (Fsp3) is 0.0769. The molecule has 1 aromatic carbocycles. The molecule has 3 aromatic rings. The quantitative estimate of drug-likeness (QED) is 0.720. The molecule has 0 aliphatic carbocycles. The second kappa shape index (κ2) is 3.90. The lowest BCUT2D eigenvalue weighted by molar-refractivity contribution is 0.899. The summed E-state index contributed by atoms with van der Waals surface area (Å²) in [5.41, 5.74) is 1.82. The number of hydrogen-bond acceptors (Lipinski definition) is 2. The molecule has 0 aliphatic rings. The van der Waals surface area contributed by atoms with Crippen molar-refractivity contribution in [1.82, 2.24) is 14.6 Å². The molecule has 4 heteroatoms. The maximum atomic E-state index is 11.2. The van der Waals surface area contributed by atoms with E-state index in [1.165, 1.54) is 17.7 Å². The predicted molar refractivity (Wildman–Crippen MR) is 65.1 cm³/mol. The monoisotopic (exact) mass is 225 g/mol. The summed E-state index contributed by atoms with van der Waals surface area (Å²) in [7, 11) is 0. The van der Waals surface area contributed by atoms with Gasteiger partial charge in [-0.15, -0.1) is 0 Å². The summed E-state index contributed by atoms with van der Waals surface area (Å²) in [4.78, 5) is 15.6. The average Bonchev–Trinajstić information content (AvgIpc) is 2.71. The number of hydrogen-bond donors (Lipinski definition) is 1. The van der Waals surface area contributed by atoms with E-state index < -0.39 is 0 Å². The van der Waals surface area contributed by atoms with E-state index in [9.17, 15) is 4.79 Å². The Labute approximate surface area is 97.5 Å². The number of nitrogens with one attached hydrogen (secondary N) is 1. The molecular formula is C13H11N3O. The number of rotatable bonds is 2. The fourth-order valence-electron chi connectivity index (χ4n) is 1.82. The van der Waals surface area contributed by atoms with Crippen LogP contribution in [0.3, 0.4) is 0 Å². The molecule has 3 rings (SSSR count). The number of nitrogens with zero attached hydrogens (tertiary/aromatic N) is 2. The molecule has 0 radical (unpaired) electrons. The lowest BCUT2D eigenvalue weighted by atomic mass is 10.1. The minimum atomic E-state index is -0.0252. The van der Waals surface area contributed by atoms with E-state index in [0.29, 0.717) is 5.65 Å². The third kappa shape index (κ3) is 1.97. The third-order valence-electron chi connectivity index (χ3n) is 2.62. The van der Waals surface area contributed by atoms with Gasteiger partial charge in [-0.3, -0.25) is 9.89 Å². The predicted octanol–water partition coefficient (Wildman–Crippen LogP) is 1.61. The van der Waals surface area contributed by atoms with Gasteiger partial charge in [0.2, 0.25) is 0 Å². The van der Waals surface area contributed by atoms with E-state index in [1.54, 1.807) is 10.7 Å². The highest BCUT2D eigenvalue weighted by molar-refractivity contribution is 5.37. The molecule has 4 nitrogen and oxygen atoms in total. The molecule has 0 bridgehead atoms. The van der Waals surface area contributed by atoms with Crippen LogP contribution >= 0.6 is 0 Å². The van der Waals surface area contributed by atoms with Gasteiger partial charge in [0.15, 0.2) is 11.1 Å². The lowest BCUT2D eigenvalue weighted by Gasteiger charge is -1.95. The Morgan fingerprint density at radius 3 is 2.82 bits per heavy atom. The lowest BCUT2D eigenvalue weighted by Crippen LogP contribution is -1.98. The van der Waals surface area contributed by atoms with Gasteiger partial charge in [-0.25, -0.2) is 9.50 Å². The first-order chi connectivity index (χ1) is 8.31. The summed E-state index contributed by atoms with van der Waals surface area (Å²) in [6.07, 6.45) is 2.43. The molecule has 17 heavy (non-hydrogen) atoms. The molecule has 2 aromatic heterocycles. The molecular weight excluding hydrogens is 214 g/mol. The first-order valence-corrected chi connectivity index (χ1v) is 5.42. The largest absolute Gasteiger partial charge is 0.290 e. The van der Waals surface area contributed by atoms with Crippen LogP contribution in [0, 0.1) is 0 Å². The minimum Gasteiger partial charge on any atom is -0.290 e. The second-order valence-electron chi connectivity index (χ2n) is 3.92. The van der Waals surface area contributed by atoms with Gasteiger partial charge in [0, 0.05) is 24.8 Å². The van der Waals surface area contributed by atoms with E-state index in [0.717, 1.165) is 12.2 Å². The first kappa shape index (κ1) is 9.84. The Balaban J connectivity index is 1.99. The van der Waals surface area contributed by atoms with Crippen molar-refractivity contribution in [2.75, 3.05) is 0 Å². The molecule has 2 heterocycles. The van der Waals surface area contributed by atoms with Crippen LogP contribution in [-0.4, -0.2) is 14.6 Å². The molecule has 0 amide bonds. The van der Waals surface area contributed by atoms with Crippen molar-refractivity contribution in [2.45, 2.75) is 6.42 Å². The number of fused-ring (bicyclic) bond motifs is 1. The van der Waals surface area contributed by atoms with E-state index in [4.69, 9.17) is 0 Å². The van der Waals surface area contributed by atoms with E-state index in [1.807, 2.05) is 18.2 Å². The van der Waals surface area contributed by atoms with E-state index >= 15 is 0 Å². The number of aromatic amines is 1. The fourth-order valence-corrected chi connectivity index (χ4v) is 1.82. The molecule has 84 valence electrons. The Morgan fingerprint density at radius 2 is 2.00 bits per heavy atom. The van der Waals surface area contributed by atoms with Crippen molar-refractivity contribution in [3.05, 3.63) is 70.3 Å². The van der Waals surface area contributed by atoms with Crippen molar-refractivity contribution in [3.8, 4) is 0 Å². The summed E-state index contributed by atoms with van der Waals surface area (Å²) in [6.45, 7) is 0. The normalized spacial score (nSPS) is 10.8. The van der Waals surface area contributed by atoms with Gasteiger partial charge in [0.25, 0.3) is 0 Å². The van der Waals surface area contributed by atoms with Gasteiger partial charge in [-0.2, -0.15) is 0 Å². The SMILES string of the molecule is O=c1ccn2[nH]c(Cc3ccccc3)nc2c1. The van der Waals surface area contributed by atoms with Crippen LogP contribution in [0.4, 0.5) is 0 Å². The zero-order valence-corrected chi connectivity index (χ0v) is 9.13. The number of pyridine rings is 1. The van der Waals surface area contributed by atoms with Crippen LogP contribution in [0.5, 0.6) is 0 Å². The molecule has 0 aliphatic heterocycles. The first-order valence-electron chi connectivity index (χ1n) is 5.42. The highest BCUT2D eigenvalue weighted by Gasteiger charge is 2.02. The van der Waals surface area contributed by atoms with Crippen LogP contribution in [0.1, 0.15) is 11.4 Å². The topological polar surface area (TPSA) is 50.2 Å². The number of H-pyrrole nitrogens is 1. The Morgan fingerprint density at radius 1 is 1.18 bits per heavy atom. The van der Waals surface area contributed by atoms with Gasteiger partial charge in [0.1, 0.15) is 5.82 Å². The molecule has 0 saturated carbocycles. The smallest absolute Gasteiger partial charge is 0.183 e. The average molecular weight is 225 g/mol. The van der Waals surface area contributed by atoms with Gasteiger partial charge in [-0.05, 0) is 5.56 Å². The Kier molecular flexibility index (Phi) is 2.26. The maximum Gasteiger partial charge on any atom is 0.183 e. The number of benzene rings is 1. The second-order valence-corrected chi connectivity index (χ2v) is 3.92. The van der Waals surface area contributed by atoms with Crippen molar-refractivity contribution in [3.63, 3.8) is 0 Å². The highest BCUT2D eigenvalue weighted by atomic mass is 16.1. The zero-order chi connectivity index (χ0) is 11.7. The zero-order valence-electron chi connectivity index (χ0n) is 9.13. The summed E-state index contributed by atoms with van der Waals surface area (Å²) in [5, 5.41) is 3.14. The van der Waals surface area contributed by atoms with Gasteiger partial charge < -0.3 is 0 Å². The van der Waals surface area contributed by atoms with Crippen LogP contribution in [0.15, 0.2) is 53.5 Å². The van der Waals surface area contributed by atoms with Gasteiger partial charge in [-0.1, -0.05) is 30.3 Å². The third-order valence-corrected chi connectivity index (χ3v) is 2.62. The van der Waals surface area contributed by atoms with Crippen molar-refractivity contribution < 1.29 is 0 Å². The summed E-state index contributed by atoms with van der Waals surface area (Å²) < 4.78 is 1.75. The molecule has 0 fully saturated rings. The van der Waals surface area contributed by atoms with Crippen molar-refractivity contribution in [2.24, 2.45) is 0 Å². The molecule has 0 spiro atoms. The van der Waals surface area contributed by atoms with E-state index in [2.05, 4.69) is 22.2 Å². The van der Waals surface area contributed by atoms with Crippen LogP contribution in [-0.2, 0) is 6.42 Å². The summed E-state index contributed by atoms with van der Waals surface area (Å²) in [5.74, 6) is 0.849. The van der Waals surface area contributed by atoms with E-state index in [-0.39, 0.29) is 5.43 Å². The maximum absolute atomic E-state index is 11.2.